The van der Waals surface area contributed by atoms with Crippen LogP contribution in [0.1, 0.15) is 6.92 Å². The second-order valence-electron chi connectivity index (χ2n) is 4.13. The lowest BCUT2D eigenvalue weighted by Crippen LogP contribution is -2.53. The maximum Gasteiger partial charge on any atom is 0.244 e. The van der Waals surface area contributed by atoms with Gasteiger partial charge in [-0.15, -0.1) is 0 Å². The zero-order valence-corrected chi connectivity index (χ0v) is 10.6. The molecule has 1 aromatic rings. The van der Waals surface area contributed by atoms with E-state index in [1.807, 2.05) is 6.92 Å². The minimum Gasteiger partial charge on any atom is -0.375 e. The van der Waals surface area contributed by atoms with Crippen LogP contribution in [0.4, 0.5) is 10.1 Å². The van der Waals surface area contributed by atoms with E-state index in [1.54, 1.807) is 0 Å². The van der Waals surface area contributed by atoms with Crippen molar-refractivity contribution in [1.82, 2.24) is 5.32 Å². The molecule has 1 aliphatic rings. The SMILES string of the molecule is C[C@H]1OCCN[C@@H]1C(=O)Nc1ccc(F)c(Cl)c1. The second kappa shape index (κ2) is 5.65. The van der Waals surface area contributed by atoms with Crippen molar-refractivity contribution in [1.29, 1.82) is 0 Å². The average molecular weight is 273 g/mol. The molecule has 0 aliphatic carbocycles. The number of rotatable bonds is 2. The van der Waals surface area contributed by atoms with E-state index in [4.69, 9.17) is 16.3 Å². The molecule has 6 heteroatoms. The third-order valence-electron chi connectivity index (χ3n) is 2.79. The Morgan fingerprint density at radius 1 is 1.61 bits per heavy atom. The molecule has 1 fully saturated rings. The van der Waals surface area contributed by atoms with Gasteiger partial charge in [0.2, 0.25) is 5.91 Å². The number of carbonyl (C=O) groups excluding carboxylic acids is 1. The fourth-order valence-corrected chi connectivity index (χ4v) is 2.00. The van der Waals surface area contributed by atoms with Crippen LogP contribution in [0.15, 0.2) is 18.2 Å². The van der Waals surface area contributed by atoms with Crippen molar-refractivity contribution in [2.24, 2.45) is 0 Å². The molecule has 0 bridgehead atoms. The largest absolute Gasteiger partial charge is 0.375 e. The Morgan fingerprint density at radius 2 is 2.39 bits per heavy atom. The molecule has 0 aromatic heterocycles. The quantitative estimate of drug-likeness (QED) is 0.863. The number of benzene rings is 1. The molecule has 1 saturated heterocycles. The average Bonchev–Trinajstić information content (AvgIpc) is 2.34. The van der Waals surface area contributed by atoms with Gasteiger partial charge in [0.05, 0.1) is 17.7 Å². The highest BCUT2D eigenvalue weighted by Gasteiger charge is 2.28. The predicted octanol–water partition coefficient (Wildman–Crippen LogP) is 1.79. The Hall–Kier alpha value is -1.17. The van der Waals surface area contributed by atoms with E-state index in [2.05, 4.69) is 10.6 Å². The molecule has 1 heterocycles. The molecule has 0 spiro atoms. The van der Waals surface area contributed by atoms with E-state index in [9.17, 15) is 9.18 Å². The number of ether oxygens (including phenoxy) is 1. The van der Waals surface area contributed by atoms with E-state index in [0.29, 0.717) is 18.8 Å². The van der Waals surface area contributed by atoms with Crippen LogP contribution >= 0.6 is 11.6 Å². The first kappa shape index (κ1) is 13.3. The van der Waals surface area contributed by atoms with Crippen LogP contribution in [0.25, 0.3) is 0 Å². The summed E-state index contributed by atoms with van der Waals surface area (Å²) in [5, 5.41) is 5.73. The van der Waals surface area contributed by atoms with Crippen molar-refractivity contribution in [3.8, 4) is 0 Å². The molecule has 1 amide bonds. The summed E-state index contributed by atoms with van der Waals surface area (Å²) in [5.74, 6) is -0.730. The molecule has 4 nitrogen and oxygen atoms in total. The molecule has 18 heavy (non-hydrogen) atoms. The summed E-state index contributed by atoms with van der Waals surface area (Å²) in [7, 11) is 0. The molecule has 98 valence electrons. The van der Waals surface area contributed by atoms with Crippen molar-refractivity contribution in [3.63, 3.8) is 0 Å². The molecule has 0 saturated carbocycles. The zero-order chi connectivity index (χ0) is 13.1. The van der Waals surface area contributed by atoms with Gasteiger partial charge in [0.1, 0.15) is 11.9 Å². The maximum atomic E-state index is 13.0. The highest BCUT2D eigenvalue weighted by atomic mass is 35.5. The summed E-state index contributed by atoms with van der Waals surface area (Å²) in [4.78, 5) is 12.0. The van der Waals surface area contributed by atoms with E-state index in [1.165, 1.54) is 18.2 Å². The predicted molar refractivity (Wildman–Crippen MR) is 67.2 cm³/mol. The van der Waals surface area contributed by atoms with Crippen molar-refractivity contribution in [2.75, 3.05) is 18.5 Å². The van der Waals surface area contributed by atoms with E-state index in [0.717, 1.165) is 0 Å². The van der Waals surface area contributed by atoms with Gasteiger partial charge in [-0.2, -0.15) is 0 Å². The summed E-state index contributed by atoms with van der Waals surface area (Å²) < 4.78 is 18.4. The van der Waals surface area contributed by atoms with Crippen molar-refractivity contribution >= 4 is 23.2 Å². The van der Waals surface area contributed by atoms with Crippen LogP contribution < -0.4 is 10.6 Å². The molecule has 0 radical (unpaired) electrons. The van der Waals surface area contributed by atoms with Gasteiger partial charge in [-0.05, 0) is 25.1 Å². The number of halogens is 2. The van der Waals surface area contributed by atoms with Crippen LogP contribution in [-0.4, -0.2) is 31.2 Å². The third-order valence-corrected chi connectivity index (χ3v) is 3.08. The Kier molecular flexibility index (Phi) is 4.16. The highest BCUT2D eigenvalue weighted by molar-refractivity contribution is 6.31. The van der Waals surface area contributed by atoms with Crippen LogP contribution in [0.3, 0.4) is 0 Å². The molecular formula is C12H14ClFN2O2. The van der Waals surface area contributed by atoms with Crippen LogP contribution in [0, 0.1) is 5.82 Å². The molecular weight excluding hydrogens is 259 g/mol. The third kappa shape index (κ3) is 2.98. The number of amides is 1. The van der Waals surface area contributed by atoms with Crippen LogP contribution in [0.5, 0.6) is 0 Å². The fourth-order valence-electron chi connectivity index (χ4n) is 1.82. The molecule has 1 aromatic carbocycles. The Bertz CT molecular complexity index is 456. The van der Waals surface area contributed by atoms with Crippen molar-refractivity contribution in [2.45, 2.75) is 19.1 Å². The number of anilines is 1. The first-order valence-electron chi connectivity index (χ1n) is 5.69. The van der Waals surface area contributed by atoms with Crippen LogP contribution in [-0.2, 0) is 9.53 Å². The number of nitrogens with one attached hydrogen (secondary N) is 2. The van der Waals surface area contributed by atoms with E-state index in [-0.39, 0.29) is 17.0 Å². The first-order valence-corrected chi connectivity index (χ1v) is 6.06. The Labute approximate surface area is 109 Å². The first-order chi connectivity index (χ1) is 8.58. The zero-order valence-electron chi connectivity index (χ0n) is 9.87. The summed E-state index contributed by atoms with van der Waals surface area (Å²) in [6.07, 6.45) is -0.199. The molecule has 2 N–H and O–H groups in total. The number of hydrogen-bond donors (Lipinski definition) is 2. The normalized spacial score (nSPS) is 23.7. The smallest absolute Gasteiger partial charge is 0.244 e. The number of morpholine rings is 1. The minimum absolute atomic E-state index is 0.0197. The number of hydrogen-bond acceptors (Lipinski definition) is 3. The van der Waals surface area contributed by atoms with Gasteiger partial charge in [0.25, 0.3) is 0 Å². The highest BCUT2D eigenvalue weighted by Crippen LogP contribution is 2.19. The molecule has 2 rings (SSSR count). The summed E-state index contributed by atoms with van der Waals surface area (Å²) in [6, 6.07) is 3.64. The van der Waals surface area contributed by atoms with Gasteiger partial charge >= 0.3 is 0 Å². The topological polar surface area (TPSA) is 50.4 Å². The van der Waals surface area contributed by atoms with Gasteiger partial charge in [-0.3, -0.25) is 4.79 Å². The molecule has 1 aliphatic heterocycles. The van der Waals surface area contributed by atoms with Gasteiger partial charge in [0, 0.05) is 12.2 Å². The molecule has 0 unspecified atom stereocenters. The standard InChI is InChI=1S/C12H14ClFN2O2/c1-7-11(15-4-5-18-7)12(17)16-8-2-3-10(14)9(13)6-8/h2-3,6-7,11,15H,4-5H2,1H3,(H,16,17)/t7-,11+/m1/s1. The summed E-state index contributed by atoms with van der Waals surface area (Å²) in [6.45, 7) is 3.05. The van der Waals surface area contributed by atoms with Crippen molar-refractivity contribution in [3.05, 3.63) is 29.0 Å². The maximum absolute atomic E-state index is 13.0. The lowest BCUT2D eigenvalue weighted by atomic mass is 10.1. The van der Waals surface area contributed by atoms with Gasteiger partial charge in [0.15, 0.2) is 0 Å². The lowest BCUT2D eigenvalue weighted by molar-refractivity contribution is -0.123. The van der Waals surface area contributed by atoms with E-state index >= 15 is 0 Å². The van der Waals surface area contributed by atoms with Gasteiger partial charge in [-0.25, -0.2) is 4.39 Å². The summed E-state index contributed by atoms with van der Waals surface area (Å²) >= 11 is 5.65. The monoisotopic (exact) mass is 272 g/mol. The second-order valence-corrected chi connectivity index (χ2v) is 4.53. The molecule has 2 atom stereocenters. The Balaban J connectivity index is 2.04. The Morgan fingerprint density at radius 3 is 3.06 bits per heavy atom. The lowest BCUT2D eigenvalue weighted by Gasteiger charge is -2.29. The van der Waals surface area contributed by atoms with Gasteiger partial charge < -0.3 is 15.4 Å². The van der Waals surface area contributed by atoms with E-state index < -0.39 is 11.9 Å². The summed E-state index contributed by atoms with van der Waals surface area (Å²) in [5.41, 5.74) is 0.464. The fraction of sp³-hybridized carbons (Fsp3) is 0.417. The minimum atomic E-state index is -0.512. The van der Waals surface area contributed by atoms with Crippen molar-refractivity contribution < 1.29 is 13.9 Å². The number of carbonyl (C=O) groups is 1. The van der Waals surface area contributed by atoms with Crippen LogP contribution in [0.2, 0.25) is 5.02 Å². The van der Waals surface area contributed by atoms with Gasteiger partial charge in [-0.1, -0.05) is 11.6 Å².